The van der Waals surface area contributed by atoms with Crippen LogP contribution < -0.4 is 5.32 Å². The minimum atomic E-state index is 0.326. The van der Waals surface area contributed by atoms with Crippen LogP contribution in [-0.4, -0.2) is 9.55 Å². The first kappa shape index (κ1) is 13.2. The molecule has 0 radical (unpaired) electrons. The molecule has 1 aromatic heterocycles. The highest BCUT2D eigenvalue weighted by Crippen LogP contribution is 2.32. The normalized spacial score (nSPS) is 11.0. The van der Waals surface area contributed by atoms with Crippen molar-refractivity contribution in [3.8, 4) is 0 Å². The zero-order chi connectivity index (χ0) is 13.3. The van der Waals surface area contributed by atoms with Gasteiger partial charge in [-0.1, -0.05) is 29.3 Å². The van der Waals surface area contributed by atoms with Crippen molar-refractivity contribution in [1.82, 2.24) is 9.55 Å². The van der Waals surface area contributed by atoms with E-state index in [2.05, 4.69) is 28.7 Å². The monoisotopic (exact) mass is 283 g/mol. The van der Waals surface area contributed by atoms with Crippen LogP contribution in [0.1, 0.15) is 25.6 Å². The van der Waals surface area contributed by atoms with Gasteiger partial charge in [-0.05, 0) is 32.9 Å². The lowest BCUT2D eigenvalue weighted by Gasteiger charge is -2.13. The van der Waals surface area contributed by atoms with E-state index in [0.717, 1.165) is 17.3 Å². The van der Waals surface area contributed by atoms with Crippen molar-refractivity contribution in [2.75, 3.05) is 5.32 Å². The van der Waals surface area contributed by atoms with Gasteiger partial charge in [-0.3, -0.25) is 0 Å². The lowest BCUT2D eigenvalue weighted by Crippen LogP contribution is -2.05. The van der Waals surface area contributed by atoms with Crippen molar-refractivity contribution in [2.45, 2.75) is 26.8 Å². The quantitative estimate of drug-likeness (QED) is 0.875. The first-order valence-corrected chi connectivity index (χ1v) is 6.51. The molecule has 0 saturated carbocycles. The molecule has 5 heteroatoms. The van der Waals surface area contributed by atoms with E-state index in [9.17, 15) is 0 Å². The molecule has 2 rings (SSSR count). The molecule has 0 bridgehead atoms. The minimum absolute atomic E-state index is 0.326. The van der Waals surface area contributed by atoms with Gasteiger partial charge in [0.2, 0.25) is 5.95 Å². The topological polar surface area (TPSA) is 29.9 Å². The summed E-state index contributed by atoms with van der Waals surface area (Å²) in [6.45, 7) is 6.17. The highest BCUT2D eigenvalue weighted by molar-refractivity contribution is 6.43. The third kappa shape index (κ3) is 2.62. The number of imidazole rings is 1. The number of aromatic nitrogens is 2. The van der Waals surface area contributed by atoms with Gasteiger partial charge < -0.3 is 9.88 Å². The summed E-state index contributed by atoms with van der Waals surface area (Å²) >= 11 is 12.1. The molecule has 1 heterocycles. The highest BCUT2D eigenvalue weighted by atomic mass is 35.5. The van der Waals surface area contributed by atoms with Crippen LogP contribution in [0.4, 0.5) is 11.6 Å². The third-order valence-electron chi connectivity index (χ3n) is 2.61. The molecule has 2 aromatic rings. The second-order valence-electron chi connectivity index (χ2n) is 4.43. The fourth-order valence-electron chi connectivity index (χ4n) is 1.72. The summed E-state index contributed by atoms with van der Waals surface area (Å²) in [6, 6.07) is 5.82. The van der Waals surface area contributed by atoms with E-state index < -0.39 is 0 Å². The second kappa shape index (κ2) is 5.21. The van der Waals surface area contributed by atoms with Crippen molar-refractivity contribution < 1.29 is 0 Å². The van der Waals surface area contributed by atoms with Gasteiger partial charge in [0.05, 0.1) is 21.4 Å². The van der Waals surface area contributed by atoms with E-state index in [0.29, 0.717) is 16.1 Å². The minimum Gasteiger partial charge on any atom is -0.324 e. The molecule has 0 fully saturated rings. The fraction of sp³-hybridized carbons (Fsp3) is 0.308. The van der Waals surface area contributed by atoms with E-state index >= 15 is 0 Å². The first-order chi connectivity index (χ1) is 8.49. The van der Waals surface area contributed by atoms with Crippen LogP contribution in [0.3, 0.4) is 0 Å². The van der Waals surface area contributed by atoms with Gasteiger partial charge in [0.25, 0.3) is 0 Å². The Labute approximate surface area is 117 Å². The van der Waals surface area contributed by atoms with Crippen molar-refractivity contribution in [3.63, 3.8) is 0 Å². The summed E-state index contributed by atoms with van der Waals surface area (Å²) < 4.78 is 2.06. The summed E-state index contributed by atoms with van der Waals surface area (Å²) in [7, 11) is 0. The summed E-state index contributed by atoms with van der Waals surface area (Å²) in [5, 5.41) is 4.26. The molecule has 0 aliphatic rings. The van der Waals surface area contributed by atoms with Crippen molar-refractivity contribution in [3.05, 3.63) is 40.1 Å². The lowest BCUT2D eigenvalue weighted by atomic mass is 10.3. The maximum Gasteiger partial charge on any atom is 0.207 e. The molecule has 3 nitrogen and oxygen atoms in total. The Bertz CT molecular complexity index is 561. The average molecular weight is 284 g/mol. The maximum atomic E-state index is 6.15. The maximum absolute atomic E-state index is 6.15. The highest BCUT2D eigenvalue weighted by Gasteiger charge is 2.11. The molecule has 18 heavy (non-hydrogen) atoms. The molecule has 0 unspecified atom stereocenters. The molecular weight excluding hydrogens is 269 g/mol. The van der Waals surface area contributed by atoms with Gasteiger partial charge in [-0.2, -0.15) is 0 Å². The van der Waals surface area contributed by atoms with Crippen LogP contribution in [0.5, 0.6) is 0 Å². The number of aryl methyl sites for hydroxylation is 1. The molecule has 0 saturated heterocycles. The SMILES string of the molecule is Cc1cn(C(C)C)c(Nc2cccc(Cl)c2Cl)n1. The smallest absolute Gasteiger partial charge is 0.207 e. The summed E-state index contributed by atoms with van der Waals surface area (Å²) in [5.74, 6) is 0.770. The lowest BCUT2D eigenvalue weighted by molar-refractivity contribution is 0.607. The third-order valence-corrected chi connectivity index (χ3v) is 3.43. The largest absolute Gasteiger partial charge is 0.324 e. The van der Waals surface area contributed by atoms with E-state index in [1.807, 2.05) is 25.3 Å². The number of nitrogens with one attached hydrogen (secondary N) is 1. The number of anilines is 2. The van der Waals surface area contributed by atoms with Crippen LogP contribution >= 0.6 is 23.2 Å². The summed E-state index contributed by atoms with van der Waals surface area (Å²) in [4.78, 5) is 4.45. The molecule has 0 spiro atoms. The zero-order valence-electron chi connectivity index (χ0n) is 10.5. The fourth-order valence-corrected chi connectivity index (χ4v) is 2.07. The van der Waals surface area contributed by atoms with Crippen LogP contribution in [0.2, 0.25) is 10.0 Å². The van der Waals surface area contributed by atoms with Gasteiger partial charge in [0.1, 0.15) is 0 Å². The number of hydrogen-bond acceptors (Lipinski definition) is 2. The van der Waals surface area contributed by atoms with E-state index in [1.165, 1.54) is 0 Å². The molecule has 0 amide bonds. The van der Waals surface area contributed by atoms with Gasteiger partial charge in [-0.25, -0.2) is 4.98 Å². The standard InChI is InChI=1S/C13H15Cl2N3/c1-8(2)18-7-9(3)16-13(18)17-11-6-4-5-10(14)12(11)15/h4-8H,1-3H3,(H,16,17). The van der Waals surface area contributed by atoms with E-state index in [-0.39, 0.29) is 0 Å². The van der Waals surface area contributed by atoms with Crippen molar-refractivity contribution in [1.29, 1.82) is 0 Å². The number of halogens is 2. The summed E-state index contributed by atoms with van der Waals surface area (Å²) in [6.07, 6.45) is 2.01. The van der Waals surface area contributed by atoms with Crippen LogP contribution in [-0.2, 0) is 0 Å². The Morgan fingerprint density at radius 2 is 2.00 bits per heavy atom. The van der Waals surface area contributed by atoms with Gasteiger partial charge in [0, 0.05) is 12.2 Å². The summed E-state index contributed by atoms with van der Waals surface area (Å²) in [5.41, 5.74) is 1.72. The number of nitrogens with zero attached hydrogens (tertiary/aromatic N) is 2. The Balaban J connectivity index is 2.37. The van der Waals surface area contributed by atoms with Gasteiger partial charge in [-0.15, -0.1) is 0 Å². The van der Waals surface area contributed by atoms with Crippen molar-refractivity contribution >= 4 is 34.8 Å². The molecule has 1 N–H and O–H groups in total. The molecule has 0 aliphatic heterocycles. The Morgan fingerprint density at radius 1 is 1.28 bits per heavy atom. The van der Waals surface area contributed by atoms with Crippen molar-refractivity contribution in [2.24, 2.45) is 0 Å². The van der Waals surface area contributed by atoms with E-state index in [1.54, 1.807) is 6.07 Å². The van der Waals surface area contributed by atoms with Gasteiger partial charge in [0.15, 0.2) is 0 Å². The zero-order valence-corrected chi connectivity index (χ0v) is 12.0. The molecule has 0 aliphatic carbocycles. The van der Waals surface area contributed by atoms with Crippen LogP contribution in [0, 0.1) is 6.92 Å². The Morgan fingerprint density at radius 3 is 2.67 bits per heavy atom. The predicted molar refractivity (Wildman–Crippen MR) is 77.1 cm³/mol. The number of benzene rings is 1. The second-order valence-corrected chi connectivity index (χ2v) is 5.22. The molecular formula is C13H15Cl2N3. The Kier molecular flexibility index (Phi) is 3.83. The average Bonchev–Trinajstić information content (AvgIpc) is 2.66. The van der Waals surface area contributed by atoms with Crippen LogP contribution in [0.15, 0.2) is 24.4 Å². The van der Waals surface area contributed by atoms with E-state index in [4.69, 9.17) is 23.2 Å². The molecule has 1 aromatic carbocycles. The predicted octanol–water partition coefficient (Wildman–Crippen LogP) is 4.82. The van der Waals surface area contributed by atoms with Crippen LogP contribution in [0.25, 0.3) is 0 Å². The number of hydrogen-bond donors (Lipinski definition) is 1. The first-order valence-electron chi connectivity index (χ1n) is 5.75. The Hall–Kier alpha value is -1.19. The molecule has 0 atom stereocenters. The number of rotatable bonds is 3. The van der Waals surface area contributed by atoms with Gasteiger partial charge >= 0.3 is 0 Å². The molecule has 96 valence electrons.